The summed E-state index contributed by atoms with van der Waals surface area (Å²) in [4.78, 5) is 27.0. The minimum Gasteiger partial charge on any atom is -0.482 e. The summed E-state index contributed by atoms with van der Waals surface area (Å²) in [6.07, 6.45) is -3.86. The maximum Gasteiger partial charge on any atom is 0.417 e. The molecular formula is C15H10F3N3O3. The molecule has 0 spiro atoms. The number of alkyl halides is 3. The molecule has 6 nitrogen and oxygen atoms in total. The lowest BCUT2D eigenvalue weighted by atomic mass is 10.1. The zero-order chi connectivity index (χ0) is 17.3. The highest BCUT2D eigenvalue weighted by molar-refractivity contribution is 6.05. The van der Waals surface area contributed by atoms with Gasteiger partial charge in [-0.25, -0.2) is 4.98 Å². The molecule has 0 bridgehead atoms. The van der Waals surface area contributed by atoms with Gasteiger partial charge in [0.1, 0.15) is 11.6 Å². The summed E-state index contributed by atoms with van der Waals surface area (Å²) in [5.41, 5.74) is -0.366. The molecule has 1 aromatic carbocycles. The number of amides is 2. The topological polar surface area (TPSA) is 80.3 Å². The lowest BCUT2D eigenvalue weighted by molar-refractivity contribution is -0.137. The van der Waals surface area contributed by atoms with Crippen LogP contribution in [-0.2, 0) is 11.0 Å². The predicted octanol–water partition coefficient (Wildman–Crippen LogP) is 2.68. The monoisotopic (exact) mass is 337 g/mol. The number of ether oxygens (including phenoxy) is 1. The van der Waals surface area contributed by atoms with Crippen LogP contribution in [0.1, 0.15) is 15.9 Å². The van der Waals surface area contributed by atoms with Crippen LogP contribution in [0.5, 0.6) is 5.75 Å². The van der Waals surface area contributed by atoms with Crippen LogP contribution in [0.4, 0.5) is 24.7 Å². The average Bonchev–Trinajstić information content (AvgIpc) is 2.53. The van der Waals surface area contributed by atoms with Gasteiger partial charge < -0.3 is 15.4 Å². The molecule has 0 unspecified atom stereocenters. The lowest BCUT2D eigenvalue weighted by Crippen LogP contribution is -2.25. The molecule has 1 aliphatic rings. The number of carbonyl (C=O) groups is 2. The number of halogens is 3. The molecule has 2 heterocycles. The van der Waals surface area contributed by atoms with E-state index in [9.17, 15) is 22.8 Å². The van der Waals surface area contributed by atoms with E-state index in [-0.39, 0.29) is 23.9 Å². The summed E-state index contributed by atoms with van der Waals surface area (Å²) in [6, 6.07) is 6.28. The molecule has 0 atom stereocenters. The molecule has 2 N–H and O–H groups in total. The van der Waals surface area contributed by atoms with E-state index in [1.165, 1.54) is 18.2 Å². The number of rotatable bonds is 2. The van der Waals surface area contributed by atoms with Crippen LogP contribution in [-0.4, -0.2) is 23.4 Å². The van der Waals surface area contributed by atoms with Crippen molar-refractivity contribution in [2.24, 2.45) is 0 Å². The maximum absolute atomic E-state index is 12.5. The van der Waals surface area contributed by atoms with Crippen LogP contribution < -0.4 is 15.4 Å². The van der Waals surface area contributed by atoms with Gasteiger partial charge in [-0.3, -0.25) is 9.59 Å². The Kier molecular flexibility index (Phi) is 3.84. The third-order valence-electron chi connectivity index (χ3n) is 3.21. The van der Waals surface area contributed by atoms with Crippen LogP contribution in [0, 0.1) is 0 Å². The van der Waals surface area contributed by atoms with E-state index >= 15 is 0 Å². The lowest BCUT2D eigenvalue weighted by Gasteiger charge is -2.18. The fourth-order valence-corrected chi connectivity index (χ4v) is 2.05. The Morgan fingerprint density at radius 3 is 2.71 bits per heavy atom. The highest BCUT2D eigenvalue weighted by Gasteiger charge is 2.30. The number of carbonyl (C=O) groups excluding carboxylic acids is 2. The molecule has 124 valence electrons. The van der Waals surface area contributed by atoms with Crippen molar-refractivity contribution in [3.05, 3.63) is 47.7 Å². The molecule has 0 fully saturated rings. The van der Waals surface area contributed by atoms with Gasteiger partial charge in [-0.15, -0.1) is 0 Å². The summed E-state index contributed by atoms with van der Waals surface area (Å²) in [5.74, 6) is -0.515. The van der Waals surface area contributed by atoms with E-state index in [0.717, 1.165) is 12.1 Å². The van der Waals surface area contributed by atoms with Crippen molar-refractivity contribution in [1.29, 1.82) is 0 Å². The first kappa shape index (κ1) is 15.8. The van der Waals surface area contributed by atoms with Crippen LogP contribution in [0.25, 0.3) is 0 Å². The third kappa shape index (κ3) is 3.29. The summed E-state index contributed by atoms with van der Waals surface area (Å²) < 4.78 is 42.6. The van der Waals surface area contributed by atoms with Gasteiger partial charge in [-0.2, -0.15) is 13.2 Å². The number of hydrogen-bond acceptors (Lipinski definition) is 4. The average molecular weight is 337 g/mol. The van der Waals surface area contributed by atoms with Gasteiger partial charge >= 0.3 is 6.18 Å². The normalized spacial score (nSPS) is 13.5. The largest absolute Gasteiger partial charge is 0.482 e. The molecule has 0 saturated heterocycles. The fraction of sp³-hybridized carbons (Fsp3) is 0.133. The Labute approximate surface area is 133 Å². The number of anilines is 2. The van der Waals surface area contributed by atoms with E-state index in [1.54, 1.807) is 0 Å². The number of benzene rings is 1. The van der Waals surface area contributed by atoms with Crippen LogP contribution >= 0.6 is 0 Å². The first-order valence-electron chi connectivity index (χ1n) is 6.74. The minimum atomic E-state index is -4.49. The third-order valence-corrected chi connectivity index (χ3v) is 3.21. The van der Waals surface area contributed by atoms with Crippen molar-refractivity contribution in [2.75, 3.05) is 17.2 Å². The van der Waals surface area contributed by atoms with Crippen molar-refractivity contribution in [3.8, 4) is 5.75 Å². The molecule has 9 heteroatoms. The Morgan fingerprint density at radius 1 is 1.25 bits per heavy atom. The molecule has 24 heavy (non-hydrogen) atoms. The van der Waals surface area contributed by atoms with Gasteiger partial charge in [-0.05, 0) is 30.3 Å². The van der Waals surface area contributed by atoms with E-state index < -0.39 is 17.6 Å². The number of hydrogen-bond donors (Lipinski definition) is 2. The minimum absolute atomic E-state index is 0.0222. The van der Waals surface area contributed by atoms with Crippen LogP contribution in [0.15, 0.2) is 36.5 Å². The number of nitrogens with zero attached hydrogens (tertiary/aromatic N) is 1. The second-order valence-corrected chi connectivity index (χ2v) is 4.93. The number of aromatic nitrogens is 1. The standard InChI is InChI=1S/C15H10F3N3O3/c16-15(17,18)9-2-4-12(19-6-9)21-14(23)8-1-3-11-10(5-8)20-13(22)7-24-11/h1-6H,7H2,(H,20,22)(H,19,21,23). The second-order valence-electron chi connectivity index (χ2n) is 4.93. The summed E-state index contributed by atoms with van der Waals surface area (Å²) in [6.45, 7) is -0.103. The Balaban J connectivity index is 1.75. The summed E-state index contributed by atoms with van der Waals surface area (Å²) in [5, 5.41) is 4.94. The first-order chi connectivity index (χ1) is 11.3. The summed E-state index contributed by atoms with van der Waals surface area (Å²) >= 11 is 0. The number of nitrogens with one attached hydrogen (secondary N) is 2. The molecule has 3 rings (SSSR count). The van der Waals surface area contributed by atoms with Crippen molar-refractivity contribution in [3.63, 3.8) is 0 Å². The van der Waals surface area contributed by atoms with E-state index in [0.29, 0.717) is 17.6 Å². The molecular weight excluding hydrogens is 327 g/mol. The van der Waals surface area contributed by atoms with Crippen molar-refractivity contribution in [1.82, 2.24) is 4.98 Å². The Hall–Kier alpha value is -3.10. The molecule has 0 radical (unpaired) electrons. The smallest absolute Gasteiger partial charge is 0.417 e. The van der Waals surface area contributed by atoms with Gasteiger partial charge in [-0.1, -0.05) is 0 Å². The highest BCUT2D eigenvalue weighted by atomic mass is 19.4. The van der Waals surface area contributed by atoms with E-state index in [1.807, 2.05) is 0 Å². The first-order valence-corrected chi connectivity index (χ1v) is 6.74. The molecule has 0 saturated carbocycles. The number of pyridine rings is 1. The van der Waals surface area contributed by atoms with Crippen molar-refractivity contribution in [2.45, 2.75) is 6.18 Å². The second kappa shape index (κ2) is 5.84. The quantitative estimate of drug-likeness (QED) is 0.883. The highest BCUT2D eigenvalue weighted by Crippen LogP contribution is 2.30. The van der Waals surface area contributed by atoms with Gasteiger partial charge in [0, 0.05) is 11.8 Å². The zero-order valence-electron chi connectivity index (χ0n) is 12.0. The van der Waals surface area contributed by atoms with Gasteiger partial charge in [0.15, 0.2) is 6.61 Å². The number of fused-ring (bicyclic) bond motifs is 1. The summed E-state index contributed by atoms with van der Waals surface area (Å²) in [7, 11) is 0. The van der Waals surface area contributed by atoms with Crippen molar-refractivity contribution >= 4 is 23.3 Å². The molecule has 2 aromatic rings. The molecule has 1 aromatic heterocycles. The SMILES string of the molecule is O=C1COc2ccc(C(=O)Nc3ccc(C(F)(F)F)cn3)cc2N1. The van der Waals surface area contributed by atoms with Gasteiger partial charge in [0.05, 0.1) is 11.3 Å². The maximum atomic E-state index is 12.5. The zero-order valence-corrected chi connectivity index (χ0v) is 12.0. The molecule has 0 aliphatic carbocycles. The predicted molar refractivity (Wildman–Crippen MR) is 77.8 cm³/mol. The Morgan fingerprint density at radius 2 is 2.04 bits per heavy atom. The van der Waals surface area contributed by atoms with E-state index in [2.05, 4.69) is 15.6 Å². The molecule has 2 amide bonds. The van der Waals surface area contributed by atoms with Crippen LogP contribution in [0.3, 0.4) is 0 Å². The molecule has 1 aliphatic heterocycles. The van der Waals surface area contributed by atoms with Gasteiger partial charge in [0.25, 0.3) is 11.8 Å². The fourth-order valence-electron chi connectivity index (χ4n) is 2.05. The van der Waals surface area contributed by atoms with E-state index in [4.69, 9.17) is 4.74 Å². The Bertz CT molecular complexity index is 804. The van der Waals surface area contributed by atoms with Gasteiger partial charge in [0.2, 0.25) is 0 Å². The van der Waals surface area contributed by atoms with Crippen LogP contribution in [0.2, 0.25) is 0 Å². The van der Waals surface area contributed by atoms with Crippen molar-refractivity contribution < 1.29 is 27.5 Å².